The Bertz CT molecular complexity index is 1770. The normalized spacial score (nSPS) is 19.6. The fourth-order valence-corrected chi connectivity index (χ4v) is 6.37. The summed E-state index contributed by atoms with van der Waals surface area (Å²) in [6.45, 7) is 5.09. The molecule has 0 radical (unpaired) electrons. The number of aromatic nitrogens is 2. The van der Waals surface area contributed by atoms with Crippen molar-refractivity contribution in [2.75, 3.05) is 62.2 Å². The fourth-order valence-electron chi connectivity index (χ4n) is 6.37. The van der Waals surface area contributed by atoms with Crippen molar-refractivity contribution >= 4 is 40.1 Å². The third kappa shape index (κ3) is 8.41. The van der Waals surface area contributed by atoms with Gasteiger partial charge in [0, 0.05) is 64.6 Å². The highest BCUT2D eigenvalue weighted by molar-refractivity contribution is 5.79. The number of fused-ring (bicyclic) bond motifs is 2. The Kier molecular flexibility index (Phi) is 10.2. The second kappa shape index (κ2) is 14.2. The van der Waals surface area contributed by atoms with Crippen LogP contribution in [-0.2, 0) is 17.1 Å². The monoisotopic (exact) mass is 716 g/mol. The first-order valence-electron chi connectivity index (χ1n) is 16.5. The molecular formula is C33H36F8N6O3. The first kappa shape index (κ1) is 35.7. The summed E-state index contributed by atoms with van der Waals surface area (Å²) in [5.74, 6) is -3.15. The third-order valence-corrected chi connectivity index (χ3v) is 9.16. The van der Waals surface area contributed by atoms with E-state index in [2.05, 4.69) is 15.3 Å². The molecule has 9 nitrogen and oxygen atoms in total. The van der Waals surface area contributed by atoms with Gasteiger partial charge in [0.1, 0.15) is 11.0 Å². The second-order valence-electron chi connectivity index (χ2n) is 12.7. The van der Waals surface area contributed by atoms with Crippen molar-refractivity contribution in [3.63, 3.8) is 0 Å². The maximum absolute atomic E-state index is 13.4. The summed E-state index contributed by atoms with van der Waals surface area (Å²) in [6, 6.07) is 7.13. The van der Waals surface area contributed by atoms with Crippen LogP contribution >= 0.6 is 0 Å². The smallest absolute Gasteiger partial charge is 0.416 e. The molecule has 1 aliphatic carbocycles. The van der Waals surface area contributed by atoms with Crippen LogP contribution in [0.1, 0.15) is 49.7 Å². The Morgan fingerprint density at radius 2 is 1.26 bits per heavy atom. The second-order valence-corrected chi connectivity index (χ2v) is 12.7. The van der Waals surface area contributed by atoms with Crippen LogP contribution in [0.5, 0.6) is 0 Å². The van der Waals surface area contributed by atoms with Crippen molar-refractivity contribution in [2.24, 2.45) is 5.92 Å². The summed E-state index contributed by atoms with van der Waals surface area (Å²) in [5, 5.41) is 3.25. The van der Waals surface area contributed by atoms with Gasteiger partial charge < -0.3 is 28.9 Å². The number of amides is 1. The van der Waals surface area contributed by atoms with Gasteiger partial charge in [-0.05, 0) is 68.6 Å². The molecule has 1 N–H and O–H groups in total. The van der Waals surface area contributed by atoms with Gasteiger partial charge in [-0.1, -0.05) is 0 Å². The number of nitrogens with one attached hydrogen (secondary N) is 1. The number of carbonyl (C=O) groups is 1. The lowest BCUT2D eigenvalue weighted by Crippen LogP contribution is -2.41. The van der Waals surface area contributed by atoms with E-state index >= 15 is 0 Å². The number of anilines is 2. The van der Waals surface area contributed by atoms with Gasteiger partial charge in [-0.25, -0.2) is 8.78 Å². The molecule has 0 unspecified atom stereocenters. The molecule has 2 aliphatic heterocycles. The van der Waals surface area contributed by atoms with E-state index in [1.54, 1.807) is 9.80 Å². The average Bonchev–Trinajstić information content (AvgIpc) is 3.46. The Balaban J connectivity index is 0.000000187. The number of hydrogen-bond acceptors (Lipinski definition) is 8. The largest absolute Gasteiger partial charge is 0.423 e. The maximum atomic E-state index is 13.4. The van der Waals surface area contributed by atoms with Gasteiger partial charge in [0.25, 0.3) is 12.0 Å². The molecule has 50 heavy (non-hydrogen) atoms. The molecule has 7 rings (SSSR count). The lowest BCUT2D eigenvalue weighted by molar-refractivity contribution is -0.139. The van der Waals surface area contributed by atoms with Crippen molar-refractivity contribution in [2.45, 2.75) is 56.8 Å². The van der Waals surface area contributed by atoms with Crippen LogP contribution < -0.4 is 15.1 Å². The van der Waals surface area contributed by atoms with Crippen molar-refractivity contribution in [3.8, 4) is 0 Å². The number of nitrogens with zero attached hydrogens (tertiary/aromatic N) is 5. The summed E-state index contributed by atoms with van der Waals surface area (Å²) >= 11 is 0. The summed E-state index contributed by atoms with van der Waals surface area (Å²) in [4.78, 5) is 26.6. The van der Waals surface area contributed by atoms with E-state index in [-0.39, 0.29) is 60.1 Å². The molecule has 272 valence electrons. The first-order chi connectivity index (χ1) is 23.7. The molecule has 17 heteroatoms. The van der Waals surface area contributed by atoms with E-state index in [4.69, 9.17) is 8.83 Å². The molecule has 2 saturated heterocycles. The minimum Gasteiger partial charge on any atom is -0.423 e. The highest BCUT2D eigenvalue weighted by atomic mass is 19.4. The van der Waals surface area contributed by atoms with E-state index in [9.17, 15) is 39.9 Å². The number of oxazole rings is 2. The maximum Gasteiger partial charge on any atom is 0.416 e. The number of benzene rings is 2. The SMILES string of the molecule is FC(F)(F)c1ccc2oc(N3CCCNCC3)nc2c1.O=C(C1CCC(F)(F)CC1)N1CCCN(c2nc3cc(C(F)(F)F)ccc3o2)CC1. The molecule has 1 saturated carbocycles. The Hall–Kier alpha value is -4.15. The number of halogens is 8. The van der Waals surface area contributed by atoms with Gasteiger partial charge in [0.15, 0.2) is 11.2 Å². The lowest BCUT2D eigenvalue weighted by atomic mass is 9.86. The van der Waals surface area contributed by atoms with E-state index in [1.807, 2.05) is 4.90 Å². The molecule has 1 amide bonds. The van der Waals surface area contributed by atoms with E-state index < -0.39 is 29.4 Å². The molecule has 0 atom stereocenters. The van der Waals surface area contributed by atoms with Gasteiger partial charge in [0.2, 0.25) is 11.8 Å². The highest BCUT2D eigenvalue weighted by Gasteiger charge is 2.39. The van der Waals surface area contributed by atoms with E-state index in [1.165, 1.54) is 12.1 Å². The van der Waals surface area contributed by atoms with Gasteiger partial charge in [-0.3, -0.25) is 4.79 Å². The molecule has 3 fully saturated rings. The standard InChI is InChI=1S/C20H22F5N3O2.C13H14F3N3O/c21-19(22)6-4-13(5-7-19)17(29)27-8-1-9-28(11-10-27)18-26-15-12-14(20(23,24)25)2-3-16(15)30-18;14-13(15,16)9-2-3-11-10(8-9)18-12(20-11)19-6-1-4-17-5-7-19/h2-3,12-13H,1,4-11H2;2-3,8,17H,1,4-7H2. The zero-order valence-electron chi connectivity index (χ0n) is 26.9. The van der Waals surface area contributed by atoms with Crippen LogP contribution in [0.15, 0.2) is 45.2 Å². The van der Waals surface area contributed by atoms with E-state index in [0.717, 1.165) is 56.9 Å². The zero-order valence-corrected chi connectivity index (χ0v) is 26.9. The number of rotatable bonds is 3. The van der Waals surface area contributed by atoms with Gasteiger partial charge in [-0.15, -0.1) is 0 Å². The van der Waals surface area contributed by atoms with Crippen molar-refractivity contribution in [1.82, 2.24) is 20.2 Å². The lowest BCUT2D eigenvalue weighted by Gasteiger charge is -2.31. The number of carbonyl (C=O) groups excluding carboxylic acids is 1. The van der Waals surface area contributed by atoms with Gasteiger partial charge >= 0.3 is 12.4 Å². The first-order valence-corrected chi connectivity index (χ1v) is 16.5. The van der Waals surface area contributed by atoms with Crippen molar-refractivity contribution in [3.05, 3.63) is 47.5 Å². The number of hydrogen-bond donors (Lipinski definition) is 1. The Labute approximate surface area is 281 Å². The summed E-state index contributed by atoms with van der Waals surface area (Å²) < 4.78 is 115. The molecule has 4 aromatic rings. The van der Waals surface area contributed by atoms with Crippen LogP contribution in [-0.4, -0.2) is 79.1 Å². The van der Waals surface area contributed by atoms with Crippen LogP contribution in [0, 0.1) is 5.92 Å². The molecule has 0 spiro atoms. The van der Waals surface area contributed by atoms with Crippen LogP contribution in [0.2, 0.25) is 0 Å². The zero-order chi connectivity index (χ0) is 35.7. The highest BCUT2D eigenvalue weighted by Crippen LogP contribution is 2.38. The molecule has 2 aromatic heterocycles. The summed E-state index contributed by atoms with van der Waals surface area (Å²) in [6.07, 6.45) is -7.37. The fraction of sp³-hybridized carbons (Fsp3) is 0.545. The minimum absolute atomic E-state index is 0.0975. The molecule has 4 heterocycles. The molecule has 2 aromatic carbocycles. The van der Waals surface area contributed by atoms with Crippen LogP contribution in [0.25, 0.3) is 22.2 Å². The van der Waals surface area contributed by atoms with Crippen molar-refractivity contribution in [1.29, 1.82) is 0 Å². The Morgan fingerprint density at radius 1 is 0.720 bits per heavy atom. The van der Waals surface area contributed by atoms with Gasteiger partial charge in [-0.2, -0.15) is 36.3 Å². The van der Waals surface area contributed by atoms with Crippen LogP contribution in [0.3, 0.4) is 0 Å². The van der Waals surface area contributed by atoms with Gasteiger partial charge in [0.05, 0.1) is 11.1 Å². The topological polar surface area (TPSA) is 90.9 Å². The predicted octanol–water partition coefficient (Wildman–Crippen LogP) is 7.36. The summed E-state index contributed by atoms with van der Waals surface area (Å²) in [7, 11) is 0. The Morgan fingerprint density at radius 3 is 1.82 bits per heavy atom. The number of alkyl halides is 8. The quantitative estimate of drug-likeness (QED) is 0.220. The molecule has 0 bridgehead atoms. The molecular weight excluding hydrogens is 680 g/mol. The molecule has 3 aliphatic rings. The summed E-state index contributed by atoms with van der Waals surface area (Å²) in [5.41, 5.74) is -0.487. The van der Waals surface area contributed by atoms with Crippen LogP contribution in [0.4, 0.5) is 47.2 Å². The predicted molar refractivity (Wildman–Crippen MR) is 168 cm³/mol. The van der Waals surface area contributed by atoms with E-state index in [0.29, 0.717) is 44.2 Å². The average molecular weight is 717 g/mol. The third-order valence-electron chi connectivity index (χ3n) is 9.16. The minimum atomic E-state index is -4.46. The van der Waals surface area contributed by atoms with Crippen molar-refractivity contribution < 1.29 is 48.8 Å².